The molecule has 1 N–H and O–H groups in total. The number of para-hydroxylation sites is 1. The van der Waals surface area contributed by atoms with E-state index in [9.17, 15) is 14.9 Å². The van der Waals surface area contributed by atoms with E-state index in [-0.39, 0.29) is 18.2 Å². The third-order valence-corrected chi connectivity index (χ3v) is 3.17. The summed E-state index contributed by atoms with van der Waals surface area (Å²) < 4.78 is 5.39. The number of nitro groups is 1. The van der Waals surface area contributed by atoms with E-state index >= 15 is 0 Å². The Morgan fingerprint density at radius 1 is 1.28 bits per heavy atom. The predicted molar refractivity (Wildman–Crippen MR) is 95.4 cm³/mol. The van der Waals surface area contributed by atoms with Gasteiger partial charge in [-0.15, -0.1) is 0 Å². The number of hydrogen-bond donors (Lipinski definition) is 1. The number of non-ortho nitro benzene ring substituents is 1. The first-order valence-corrected chi connectivity index (χ1v) is 7.48. The van der Waals surface area contributed by atoms with Crippen LogP contribution in [0.3, 0.4) is 0 Å². The first kappa shape index (κ1) is 17.9. The summed E-state index contributed by atoms with van der Waals surface area (Å²) in [6.07, 6.45) is 4.60. The van der Waals surface area contributed by atoms with Crippen LogP contribution in [0, 0.1) is 17.0 Å². The number of allylic oxidation sites excluding steroid dienone is 1. The second-order valence-electron chi connectivity index (χ2n) is 5.08. The molecule has 0 atom stereocenters. The highest BCUT2D eigenvalue weighted by atomic mass is 16.6. The Kier molecular flexibility index (Phi) is 6.41. The SMILES string of the molecule is Cc1ccccc1OCC(=O)NN=CC=Cc1cccc([N+](=O)[O-])c1. The molecule has 2 aromatic rings. The molecule has 0 unspecified atom stereocenters. The summed E-state index contributed by atoms with van der Waals surface area (Å²) in [7, 11) is 0. The van der Waals surface area contributed by atoms with Crippen LogP contribution in [0.1, 0.15) is 11.1 Å². The first-order chi connectivity index (χ1) is 12.1. The molecule has 0 aromatic heterocycles. The van der Waals surface area contributed by atoms with Crippen LogP contribution in [-0.2, 0) is 4.79 Å². The van der Waals surface area contributed by atoms with Crippen molar-refractivity contribution in [1.82, 2.24) is 5.43 Å². The molecule has 0 radical (unpaired) electrons. The highest BCUT2D eigenvalue weighted by Gasteiger charge is 2.04. The molecule has 1 amide bonds. The highest BCUT2D eigenvalue weighted by molar-refractivity contribution is 5.82. The minimum absolute atomic E-state index is 0.0146. The molecule has 7 nitrogen and oxygen atoms in total. The highest BCUT2D eigenvalue weighted by Crippen LogP contribution is 2.15. The van der Waals surface area contributed by atoms with Crippen LogP contribution >= 0.6 is 0 Å². The Balaban J connectivity index is 1.79. The molecular formula is C18H17N3O4. The third kappa shape index (κ3) is 5.91. The van der Waals surface area contributed by atoms with E-state index in [1.165, 1.54) is 18.3 Å². The predicted octanol–water partition coefficient (Wildman–Crippen LogP) is 3.10. The number of hydrazone groups is 1. The fourth-order valence-corrected chi connectivity index (χ4v) is 1.94. The van der Waals surface area contributed by atoms with E-state index in [0.717, 1.165) is 5.56 Å². The van der Waals surface area contributed by atoms with Crippen molar-refractivity contribution in [1.29, 1.82) is 0 Å². The van der Waals surface area contributed by atoms with Gasteiger partial charge in [0, 0.05) is 18.3 Å². The molecule has 0 bridgehead atoms. The molecule has 2 rings (SSSR count). The van der Waals surface area contributed by atoms with Crippen molar-refractivity contribution >= 4 is 23.9 Å². The fraction of sp³-hybridized carbons (Fsp3) is 0.111. The molecule has 0 fully saturated rings. The van der Waals surface area contributed by atoms with Gasteiger partial charge in [-0.2, -0.15) is 5.10 Å². The second-order valence-corrected chi connectivity index (χ2v) is 5.08. The Labute approximate surface area is 144 Å². The lowest BCUT2D eigenvalue weighted by molar-refractivity contribution is -0.384. The lowest BCUT2D eigenvalue weighted by atomic mass is 10.2. The van der Waals surface area contributed by atoms with Gasteiger partial charge in [0.1, 0.15) is 5.75 Å². The summed E-state index contributed by atoms with van der Waals surface area (Å²) >= 11 is 0. The normalized spacial score (nSPS) is 10.9. The minimum Gasteiger partial charge on any atom is -0.483 e. The van der Waals surface area contributed by atoms with Crippen LogP contribution in [0.4, 0.5) is 5.69 Å². The van der Waals surface area contributed by atoms with Crippen molar-refractivity contribution in [2.75, 3.05) is 6.61 Å². The van der Waals surface area contributed by atoms with Crippen molar-refractivity contribution in [2.45, 2.75) is 6.92 Å². The van der Waals surface area contributed by atoms with E-state index in [2.05, 4.69) is 10.5 Å². The number of nitrogens with zero attached hydrogens (tertiary/aromatic N) is 2. The summed E-state index contributed by atoms with van der Waals surface area (Å²) in [5, 5.41) is 14.4. The van der Waals surface area contributed by atoms with E-state index in [1.54, 1.807) is 30.4 Å². The molecule has 7 heteroatoms. The molecule has 0 saturated carbocycles. The quantitative estimate of drug-likeness (QED) is 0.476. The van der Waals surface area contributed by atoms with Crippen molar-refractivity contribution in [3.63, 3.8) is 0 Å². The standard InChI is InChI=1S/C18H17N3O4/c1-14-6-2-3-10-17(14)25-13-18(22)20-19-11-5-8-15-7-4-9-16(12-15)21(23)24/h2-12H,13H2,1H3,(H,20,22). The molecule has 25 heavy (non-hydrogen) atoms. The summed E-state index contributed by atoms with van der Waals surface area (Å²) in [5.74, 6) is 0.260. The van der Waals surface area contributed by atoms with Gasteiger partial charge in [0.05, 0.1) is 4.92 Å². The zero-order valence-corrected chi connectivity index (χ0v) is 13.6. The average molecular weight is 339 g/mol. The van der Waals surface area contributed by atoms with Crippen molar-refractivity contribution in [3.8, 4) is 5.75 Å². The number of rotatable bonds is 7. The average Bonchev–Trinajstić information content (AvgIpc) is 2.61. The molecule has 0 heterocycles. The maximum atomic E-state index is 11.6. The number of nitro benzene ring substituents is 1. The van der Waals surface area contributed by atoms with Gasteiger partial charge in [0.15, 0.2) is 6.61 Å². The van der Waals surface area contributed by atoms with Crippen molar-refractivity contribution in [2.24, 2.45) is 5.10 Å². The van der Waals surface area contributed by atoms with E-state index in [1.807, 2.05) is 25.1 Å². The molecule has 0 aliphatic heterocycles. The fourth-order valence-electron chi connectivity index (χ4n) is 1.94. The lowest BCUT2D eigenvalue weighted by Gasteiger charge is -2.07. The van der Waals surface area contributed by atoms with Crippen LogP contribution < -0.4 is 10.2 Å². The molecular weight excluding hydrogens is 322 g/mol. The molecule has 128 valence electrons. The summed E-state index contributed by atoms with van der Waals surface area (Å²) in [4.78, 5) is 21.9. The van der Waals surface area contributed by atoms with E-state index < -0.39 is 4.92 Å². The summed E-state index contributed by atoms with van der Waals surface area (Å²) in [5.41, 5.74) is 3.95. The largest absolute Gasteiger partial charge is 0.483 e. The summed E-state index contributed by atoms with van der Waals surface area (Å²) in [6, 6.07) is 13.6. The van der Waals surface area contributed by atoms with E-state index in [0.29, 0.717) is 11.3 Å². The minimum atomic E-state index is -0.458. The first-order valence-electron chi connectivity index (χ1n) is 7.48. The zero-order valence-electron chi connectivity index (χ0n) is 13.6. The second kappa shape index (κ2) is 8.97. The molecule has 0 aliphatic rings. The number of ether oxygens (including phenoxy) is 1. The van der Waals surface area contributed by atoms with Crippen LogP contribution in [0.25, 0.3) is 6.08 Å². The lowest BCUT2D eigenvalue weighted by Crippen LogP contribution is -2.24. The number of hydrogen-bond acceptors (Lipinski definition) is 5. The smallest absolute Gasteiger partial charge is 0.277 e. The van der Waals surface area contributed by atoms with Crippen LogP contribution in [0.5, 0.6) is 5.75 Å². The number of nitrogens with one attached hydrogen (secondary N) is 1. The monoisotopic (exact) mass is 339 g/mol. The van der Waals surface area contributed by atoms with E-state index in [4.69, 9.17) is 4.74 Å². The molecule has 0 aliphatic carbocycles. The number of benzene rings is 2. The number of carbonyl (C=O) groups excluding carboxylic acids is 1. The van der Waals surface area contributed by atoms with Gasteiger partial charge < -0.3 is 4.74 Å². The Bertz CT molecular complexity index is 815. The third-order valence-electron chi connectivity index (χ3n) is 3.17. The van der Waals surface area contributed by atoms with Gasteiger partial charge in [0.25, 0.3) is 11.6 Å². The van der Waals surface area contributed by atoms with Crippen LogP contribution in [-0.4, -0.2) is 23.7 Å². The Morgan fingerprint density at radius 2 is 2.08 bits per heavy atom. The maximum Gasteiger partial charge on any atom is 0.277 e. The molecule has 0 spiro atoms. The summed E-state index contributed by atoms with van der Waals surface area (Å²) in [6.45, 7) is 1.75. The number of amides is 1. The van der Waals surface area contributed by atoms with Gasteiger partial charge >= 0.3 is 0 Å². The number of aryl methyl sites for hydroxylation is 1. The van der Waals surface area contributed by atoms with Crippen molar-refractivity contribution < 1.29 is 14.5 Å². The van der Waals surface area contributed by atoms with Gasteiger partial charge in [-0.25, -0.2) is 5.43 Å². The Morgan fingerprint density at radius 3 is 2.84 bits per heavy atom. The van der Waals surface area contributed by atoms with Gasteiger partial charge in [0.2, 0.25) is 0 Å². The Hall–Kier alpha value is -3.48. The van der Waals surface area contributed by atoms with Crippen molar-refractivity contribution in [3.05, 3.63) is 75.8 Å². The molecule has 2 aromatic carbocycles. The number of carbonyl (C=O) groups is 1. The van der Waals surface area contributed by atoms with Gasteiger partial charge in [-0.1, -0.05) is 36.4 Å². The van der Waals surface area contributed by atoms with Gasteiger partial charge in [-0.3, -0.25) is 14.9 Å². The topological polar surface area (TPSA) is 93.8 Å². The van der Waals surface area contributed by atoms with Gasteiger partial charge in [-0.05, 0) is 30.2 Å². The zero-order chi connectivity index (χ0) is 18.1. The molecule has 0 saturated heterocycles. The maximum absolute atomic E-state index is 11.6. The van der Waals surface area contributed by atoms with Crippen LogP contribution in [0.2, 0.25) is 0 Å². The van der Waals surface area contributed by atoms with Crippen LogP contribution in [0.15, 0.2) is 59.7 Å².